The lowest BCUT2D eigenvalue weighted by molar-refractivity contribution is -0.111. The Kier molecular flexibility index (Phi) is 6.28. The van der Waals surface area contributed by atoms with Crippen LogP contribution in [0.2, 0.25) is 0 Å². The molecular weight excluding hydrogens is 385 g/mol. The van der Waals surface area contributed by atoms with Gasteiger partial charge in [0.05, 0.1) is 26.8 Å². The van der Waals surface area contributed by atoms with Gasteiger partial charge in [0, 0.05) is 6.42 Å². The zero-order valence-electron chi connectivity index (χ0n) is 12.0. The van der Waals surface area contributed by atoms with Crippen LogP contribution in [-0.2, 0) is 21.2 Å². The van der Waals surface area contributed by atoms with Gasteiger partial charge in [0.25, 0.3) is 0 Å². The zero-order chi connectivity index (χ0) is 17.1. The van der Waals surface area contributed by atoms with Gasteiger partial charge in [-0.05, 0) is 48.3 Å². The van der Waals surface area contributed by atoms with Crippen molar-refractivity contribution in [3.8, 4) is 0 Å². The summed E-state index contributed by atoms with van der Waals surface area (Å²) in [6.45, 7) is 2.84. The fraction of sp³-hybridized carbons (Fsp3) is 0.538. The molecule has 2 atom stereocenters. The summed E-state index contributed by atoms with van der Waals surface area (Å²) < 4.78 is 52.2. The third-order valence-electron chi connectivity index (χ3n) is 3.43. The fourth-order valence-corrected chi connectivity index (χ4v) is 2.98. The minimum atomic E-state index is -3.09. The Morgan fingerprint density at radius 1 is 1.45 bits per heavy atom. The topological polar surface area (TPSA) is 73.1 Å². The van der Waals surface area contributed by atoms with Crippen LogP contribution in [-0.4, -0.2) is 26.7 Å². The molecule has 0 bridgehead atoms. The second-order valence-corrected chi connectivity index (χ2v) is 8.04. The largest absolute Gasteiger partial charge is 0.303 e. The van der Waals surface area contributed by atoms with Crippen LogP contribution in [0, 0.1) is 5.82 Å². The third kappa shape index (κ3) is 3.94. The first-order chi connectivity index (χ1) is 10.1. The number of nitrogens with two attached hydrogens (primary N) is 1. The molecule has 0 spiro atoms. The van der Waals surface area contributed by atoms with Crippen LogP contribution >= 0.6 is 15.9 Å². The van der Waals surface area contributed by atoms with E-state index in [9.17, 15) is 22.2 Å². The average Bonchev–Trinajstić information content (AvgIpc) is 2.40. The number of nitrogens with zero attached hydrogens (tertiary/aromatic N) is 1. The van der Waals surface area contributed by atoms with E-state index in [2.05, 4.69) is 20.9 Å². The van der Waals surface area contributed by atoms with Crippen LogP contribution < -0.4 is 5.14 Å². The first-order valence-electron chi connectivity index (χ1n) is 6.27. The zero-order valence-corrected chi connectivity index (χ0v) is 14.4. The highest BCUT2D eigenvalue weighted by molar-refractivity contribution is 9.10. The van der Waals surface area contributed by atoms with E-state index >= 15 is 0 Å². The summed E-state index contributed by atoms with van der Waals surface area (Å²) in [4.78, 5) is 14.7. The molecule has 0 aliphatic heterocycles. The predicted molar refractivity (Wildman–Crippen MR) is 81.3 cm³/mol. The fourth-order valence-electron chi connectivity index (χ4n) is 2.27. The van der Waals surface area contributed by atoms with E-state index in [1.54, 1.807) is 0 Å². The molecule has 0 fully saturated rings. The van der Waals surface area contributed by atoms with E-state index in [0.717, 1.165) is 6.07 Å². The standard InChI is InChI=1S/C13H16BrF3N2O2S/c1-12(2,22(18)21)7-13(5-6-20,11(16)17)10-8(15)3-4-9(14)19-10/h3-4,6,11H,5,7,18H2,1-2H3/t13-,22?/m0/s1. The Labute approximate surface area is 137 Å². The Morgan fingerprint density at radius 3 is 2.50 bits per heavy atom. The molecule has 0 aliphatic carbocycles. The van der Waals surface area contributed by atoms with Crippen LogP contribution in [0.25, 0.3) is 0 Å². The molecule has 1 aromatic heterocycles. The lowest BCUT2D eigenvalue weighted by Crippen LogP contribution is -2.46. The molecule has 1 aromatic rings. The van der Waals surface area contributed by atoms with Crippen LogP contribution in [0.4, 0.5) is 13.2 Å². The Bertz CT molecular complexity index is 586. The second-order valence-electron chi connectivity index (χ2n) is 5.53. The van der Waals surface area contributed by atoms with E-state index in [1.165, 1.54) is 19.9 Å². The molecule has 124 valence electrons. The molecule has 1 heterocycles. The molecule has 0 amide bonds. The van der Waals surface area contributed by atoms with Gasteiger partial charge in [-0.15, -0.1) is 0 Å². The quantitative estimate of drug-likeness (QED) is 0.564. The molecule has 1 rings (SSSR count). The number of rotatable bonds is 7. The molecule has 0 saturated carbocycles. The molecule has 0 saturated heterocycles. The molecule has 2 N–H and O–H groups in total. The molecule has 22 heavy (non-hydrogen) atoms. The van der Waals surface area contributed by atoms with E-state index < -0.39 is 51.9 Å². The maximum atomic E-state index is 14.1. The van der Waals surface area contributed by atoms with Gasteiger partial charge in [0.2, 0.25) is 6.43 Å². The normalized spacial score (nSPS) is 16.4. The number of pyridine rings is 1. The van der Waals surface area contributed by atoms with Crippen molar-refractivity contribution in [2.45, 2.75) is 43.3 Å². The van der Waals surface area contributed by atoms with Crippen LogP contribution in [0.5, 0.6) is 0 Å². The summed E-state index contributed by atoms with van der Waals surface area (Å²) >= 11 is 3.00. The van der Waals surface area contributed by atoms with Crippen LogP contribution in [0.15, 0.2) is 16.7 Å². The summed E-state index contributed by atoms with van der Waals surface area (Å²) in [6.07, 6.45) is -3.92. The first-order valence-corrected chi connectivity index (χ1v) is 8.28. The molecule has 9 heteroatoms. The summed E-state index contributed by atoms with van der Waals surface area (Å²) in [5, 5.41) is 5.34. The summed E-state index contributed by atoms with van der Waals surface area (Å²) in [5.41, 5.74) is -2.74. The minimum absolute atomic E-state index is 0.159. The highest BCUT2D eigenvalue weighted by Crippen LogP contribution is 2.42. The molecular formula is C13H16BrF3N2O2S. The van der Waals surface area contributed by atoms with Gasteiger partial charge in [-0.1, -0.05) is 0 Å². The van der Waals surface area contributed by atoms with Crippen molar-refractivity contribution >= 4 is 33.2 Å². The first kappa shape index (κ1) is 19.2. The number of hydrogen-bond donors (Lipinski definition) is 1. The van der Waals surface area contributed by atoms with Crippen molar-refractivity contribution in [1.82, 2.24) is 4.98 Å². The van der Waals surface area contributed by atoms with Gasteiger partial charge in [0.15, 0.2) is 0 Å². The van der Waals surface area contributed by atoms with Crippen molar-refractivity contribution < 1.29 is 22.2 Å². The Balaban J connectivity index is 3.54. The van der Waals surface area contributed by atoms with Crippen LogP contribution in [0.1, 0.15) is 32.4 Å². The summed E-state index contributed by atoms with van der Waals surface area (Å²) in [7, 11) is -1.94. The number of alkyl halides is 2. The molecule has 4 nitrogen and oxygen atoms in total. The van der Waals surface area contributed by atoms with Gasteiger partial charge in [-0.25, -0.2) is 22.4 Å². The van der Waals surface area contributed by atoms with E-state index in [-0.39, 0.29) is 10.9 Å². The van der Waals surface area contributed by atoms with Gasteiger partial charge < -0.3 is 4.79 Å². The van der Waals surface area contributed by atoms with Gasteiger partial charge >= 0.3 is 0 Å². The third-order valence-corrected chi connectivity index (χ3v) is 5.11. The molecule has 1 unspecified atom stereocenters. The monoisotopic (exact) mass is 400 g/mol. The molecule has 0 aliphatic rings. The predicted octanol–water partition coefficient (Wildman–Crippen LogP) is 2.87. The summed E-state index contributed by atoms with van der Waals surface area (Å²) in [5.74, 6) is -0.955. The van der Waals surface area contributed by atoms with Crippen molar-refractivity contribution in [3.63, 3.8) is 0 Å². The number of aromatic nitrogens is 1. The highest BCUT2D eigenvalue weighted by atomic mass is 79.9. The SMILES string of the molecule is CC(C)(C[C@@](CC=O)(c1nc(Br)ccc1F)C(F)F)S(N)=O. The van der Waals surface area contributed by atoms with E-state index in [0.29, 0.717) is 0 Å². The second kappa shape index (κ2) is 7.18. The lowest BCUT2D eigenvalue weighted by atomic mass is 9.74. The lowest BCUT2D eigenvalue weighted by Gasteiger charge is -2.37. The minimum Gasteiger partial charge on any atom is -0.303 e. The maximum absolute atomic E-state index is 14.1. The number of carbonyl (C=O) groups excluding carboxylic acids is 1. The highest BCUT2D eigenvalue weighted by Gasteiger charge is 2.49. The van der Waals surface area contributed by atoms with E-state index in [4.69, 9.17) is 5.14 Å². The van der Waals surface area contributed by atoms with E-state index in [1.807, 2.05) is 0 Å². The Hall–Kier alpha value is -0.800. The van der Waals surface area contributed by atoms with Gasteiger partial charge in [-0.3, -0.25) is 5.14 Å². The summed E-state index contributed by atoms with van der Waals surface area (Å²) in [6, 6.07) is 2.25. The van der Waals surface area contributed by atoms with Crippen molar-refractivity contribution in [2.75, 3.05) is 0 Å². The van der Waals surface area contributed by atoms with Crippen molar-refractivity contribution in [3.05, 3.63) is 28.2 Å². The number of hydrogen-bond acceptors (Lipinski definition) is 3. The number of halogens is 4. The number of carbonyl (C=O) groups is 1. The van der Waals surface area contributed by atoms with Crippen LogP contribution in [0.3, 0.4) is 0 Å². The molecule has 0 radical (unpaired) electrons. The van der Waals surface area contributed by atoms with Gasteiger partial charge in [0.1, 0.15) is 16.7 Å². The number of aldehydes is 1. The van der Waals surface area contributed by atoms with Gasteiger partial charge in [-0.2, -0.15) is 0 Å². The molecule has 0 aromatic carbocycles. The van der Waals surface area contributed by atoms with Crippen molar-refractivity contribution in [2.24, 2.45) is 5.14 Å². The average molecular weight is 401 g/mol. The maximum Gasteiger partial charge on any atom is 0.250 e. The van der Waals surface area contributed by atoms with Crippen molar-refractivity contribution in [1.29, 1.82) is 0 Å². The smallest absolute Gasteiger partial charge is 0.250 e. The Morgan fingerprint density at radius 2 is 2.05 bits per heavy atom.